The molecule has 1 aromatic carbocycles. The SMILES string of the molecule is COC(=O)c1cccc(O[C@@H]2C[C@@H]3CN(Cc4nc[nH]c4C)C[C@@H]3C[C@H]2O)c1.O=CO. The zero-order valence-electron chi connectivity index (χ0n) is 17.7. The number of ether oxygens (including phenoxy) is 2. The molecule has 1 aliphatic heterocycles. The number of aliphatic hydroxyl groups excluding tert-OH is 1. The largest absolute Gasteiger partial charge is 0.488 e. The van der Waals surface area contributed by atoms with Gasteiger partial charge >= 0.3 is 5.97 Å². The second kappa shape index (κ2) is 10.4. The molecule has 31 heavy (non-hydrogen) atoms. The molecule has 3 N–H and O–H groups in total. The predicted molar refractivity (Wildman–Crippen MR) is 112 cm³/mol. The first-order chi connectivity index (χ1) is 14.9. The van der Waals surface area contributed by atoms with Gasteiger partial charge in [0.1, 0.15) is 11.9 Å². The molecule has 9 heteroatoms. The lowest BCUT2D eigenvalue weighted by atomic mass is 9.78. The summed E-state index contributed by atoms with van der Waals surface area (Å²) in [5.74, 6) is 1.18. The second-order valence-electron chi connectivity index (χ2n) is 8.01. The molecule has 0 bridgehead atoms. The Labute approximate surface area is 181 Å². The first kappa shape index (κ1) is 22.8. The molecule has 1 aromatic heterocycles. The molecular weight excluding hydrogens is 402 g/mol. The predicted octanol–water partition coefficient (Wildman–Crippen LogP) is 1.86. The van der Waals surface area contributed by atoms with E-state index in [4.69, 9.17) is 19.4 Å². The highest BCUT2D eigenvalue weighted by molar-refractivity contribution is 5.89. The van der Waals surface area contributed by atoms with Gasteiger partial charge in [0.15, 0.2) is 0 Å². The van der Waals surface area contributed by atoms with Gasteiger partial charge in [-0.3, -0.25) is 9.69 Å². The van der Waals surface area contributed by atoms with Crippen LogP contribution in [0.2, 0.25) is 0 Å². The summed E-state index contributed by atoms with van der Waals surface area (Å²) in [6.07, 6.45) is 2.52. The van der Waals surface area contributed by atoms with Crippen molar-refractivity contribution >= 4 is 12.4 Å². The molecule has 2 aliphatic rings. The molecule has 2 fully saturated rings. The van der Waals surface area contributed by atoms with Gasteiger partial charge in [-0.2, -0.15) is 0 Å². The molecule has 1 saturated heterocycles. The summed E-state index contributed by atoms with van der Waals surface area (Å²) in [6, 6.07) is 6.94. The Morgan fingerprint density at radius 1 is 1.32 bits per heavy atom. The van der Waals surface area contributed by atoms with Gasteiger partial charge in [-0.05, 0) is 49.8 Å². The quantitative estimate of drug-likeness (QED) is 0.484. The summed E-state index contributed by atoms with van der Waals surface area (Å²) < 4.78 is 10.8. The first-order valence-electron chi connectivity index (χ1n) is 10.3. The number of esters is 1. The molecule has 0 amide bonds. The number of carbonyl (C=O) groups is 2. The maximum Gasteiger partial charge on any atom is 0.337 e. The van der Waals surface area contributed by atoms with Crippen LogP contribution >= 0.6 is 0 Å². The van der Waals surface area contributed by atoms with Crippen molar-refractivity contribution in [2.75, 3.05) is 20.2 Å². The highest BCUT2D eigenvalue weighted by Crippen LogP contribution is 2.38. The van der Waals surface area contributed by atoms with E-state index in [-0.39, 0.29) is 12.6 Å². The molecule has 1 saturated carbocycles. The number of methoxy groups -OCH3 is 1. The van der Waals surface area contributed by atoms with Gasteiger partial charge in [0.05, 0.1) is 30.8 Å². The minimum absolute atomic E-state index is 0.250. The van der Waals surface area contributed by atoms with Crippen molar-refractivity contribution in [2.45, 2.75) is 38.5 Å². The molecule has 168 valence electrons. The second-order valence-corrected chi connectivity index (χ2v) is 8.01. The van der Waals surface area contributed by atoms with E-state index in [2.05, 4.69) is 14.9 Å². The van der Waals surface area contributed by atoms with Gasteiger partial charge in [-0.1, -0.05) is 6.07 Å². The third-order valence-corrected chi connectivity index (χ3v) is 6.01. The summed E-state index contributed by atoms with van der Waals surface area (Å²) in [7, 11) is 1.36. The summed E-state index contributed by atoms with van der Waals surface area (Å²) in [5.41, 5.74) is 2.65. The van der Waals surface area contributed by atoms with Crippen LogP contribution in [0.3, 0.4) is 0 Å². The Morgan fingerprint density at radius 2 is 2.03 bits per heavy atom. The fraction of sp³-hybridized carbons (Fsp3) is 0.500. The Bertz CT molecular complexity index is 886. The first-order valence-corrected chi connectivity index (χ1v) is 10.3. The van der Waals surface area contributed by atoms with Crippen LogP contribution in [0, 0.1) is 18.8 Å². The van der Waals surface area contributed by atoms with E-state index in [1.807, 2.05) is 13.0 Å². The van der Waals surface area contributed by atoms with Crippen LogP contribution in [0.1, 0.15) is 34.6 Å². The third kappa shape index (κ3) is 5.62. The molecule has 0 spiro atoms. The number of nitrogens with zero attached hydrogens (tertiary/aromatic N) is 2. The van der Waals surface area contributed by atoms with Crippen molar-refractivity contribution in [2.24, 2.45) is 11.8 Å². The van der Waals surface area contributed by atoms with Gasteiger partial charge in [-0.15, -0.1) is 0 Å². The molecule has 9 nitrogen and oxygen atoms in total. The number of likely N-dealkylation sites (tertiary alicyclic amines) is 1. The number of benzene rings is 1. The van der Waals surface area contributed by atoms with Crippen molar-refractivity contribution in [3.05, 3.63) is 47.5 Å². The normalized spacial score (nSPS) is 25.1. The summed E-state index contributed by atoms with van der Waals surface area (Å²) in [6.45, 7) is 4.61. The van der Waals surface area contributed by atoms with Crippen LogP contribution in [-0.2, 0) is 16.1 Å². The summed E-state index contributed by atoms with van der Waals surface area (Å²) >= 11 is 0. The Kier molecular flexibility index (Phi) is 7.64. The highest BCUT2D eigenvalue weighted by Gasteiger charge is 2.42. The number of carboxylic acid groups (broad SMARTS) is 1. The van der Waals surface area contributed by atoms with Gasteiger partial charge in [0.25, 0.3) is 6.47 Å². The lowest BCUT2D eigenvalue weighted by Crippen LogP contribution is -2.42. The molecule has 4 atom stereocenters. The zero-order valence-corrected chi connectivity index (χ0v) is 17.7. The van der Waals surface area contributed by atoms with E-state index in [9.17, 15) is 9.90 Å². The fourth-order valence-corrected chi connectivity index (χ4v) is 4.49. The van der Waals surface area contributed by atoms with Crippen molar-refractivity contribution < 1.29 is 29.3 Å². The number of hydrogen-bond acceptors (Lipinski definition) is 7. The maximum atomic E-state index is 11.7. The number of H-pyrrole nitrogens is 1. The average Bonchev–Trinajstić information content (AvgIpc) is 3.33. The summed E-state index contributed by atoms with van der Waals surface area (Å²) in [4.78, 5) is 30.0. The van der Waals surface area contributed by atoms with E-state index in [0.29, 0.717) is 23.1 Å². The van der Waals surface area contributed by atoms with Crippen LogP contribution < -0.4 is 4.74 Å². The third-order valence-electron chi connectivity index (χ3n) is 6.01. The lowest BCUT2D eigenvalue weighted by molar-refractivity contribution is -0.122. The monoisotopic (exact) mass is 431 g/mol. The van der Waals surface area contributed by atoms with E-state index in [1.165, 1.54) is 7.11 Å². The number of aromatic amines is 1. The average molecular weight is 431 g/mol. The number of aromatic nitrogens is 2. The number of fused-ring (bicyclic) bond motifs is 1. The number of hydrogen-bond donors (Lipinski definition) is 3. The Balaban J connectivity index is 0.000000858. The number of aryl methyl sites for hydroxylation is 1. The molecule has 2 aromatic rings. The number of nitrogens with one attached hydrogen (secondary N) is 1. The maximum absolute atomic E-state index is 11.7. The lowest BCUT2D eigenvalue weighted by Gasteiger charge is -2.35. The van der Waals surface area contributed by atoms with E-state index >= 15 is 0 Å². The smallest absolute Gasteiger partial charge is 0.337 e. The number of carbonyl (C=O) groups excluding carboxylic acids is 1. The molecule has 1 aliphatic carbocycles. The van der Waals surface area contributed by atoms with Gasteiger partial charge in [0, 0.05) is 25.3 Å². The van der Waals surface area contributed by atoms with Crippen LogP contribution in [-0.4, -0.2) is 69.9 Å². The van der Waals surface area contributed by atoms with Gasteiger partial charge in [0.2, 0.25) is 0 Å². The molecule has 0 radical (unpaired) electrons. The van der Waals surface area contributed by atoms with Gasteiger partial charge < -0.3 is 24.7 Å². The highest BCUT2D eigenvalue weighted by atomic mass is 16.5. The van der Waals surface area contributed by atoms with Gasteiger partial charge in [-0.25, -0.2) is 9.78 Å². The fourth-order valence-electron chi connectivity index (χ4n) is 4.49. The standard InChI is InChI=1S/C21H27N3O4.CH2O2/c1-13-18(23-12-22-13)11-24-9-15-7-19(25)20(8-16(15)10-24)28-17-5-3-4-14(6-17)21(26)27-2;2-1-3/h3-6,12,15-16,19-20,25H,7-11H2,1-2H3,(H,22,23);1H,(H,2,3)/t15-,16+,19+,20+;/m0./s1. The topological polar surface area (TPSA) is 125 Å². The van der Waals surface area contributed by atoms with Crippen LogP contribution in [0.25, 0.3) is 0 Å². The Hall–Kier alpha value is -2.91. The number of aliphatic hydroxyl groups is 1. The van der Waals surface area contributed by atoms with Crippen molar-refractivity contribution in [1.29, 1.82) is 0 Å². The number of rotatable bonds is 5. The molecule has 2 heterocycles. The zero-order chi connectivity index (χ0) is 22.4. The Morgan fingerprint density at radius 3 is 2.68 bits per heavy atom. The van der Waals surface area contributed by atoms with Crippen LogP contribution in [0.5, 0.6) is 5.75 Å². The molecule has 0 unspecified atom stereocenters. The summed E-state index contributed by atoms with van der Waals surface area (Å²) in [5, 5.41) is 17.5. The van der Waals surface area contributed by atoms with E-state index < -0.39 is 12.1 Å². The minimum Gasteiger partial charge on any atom is -0.488 e. The van der Waals surface area contributed by atoms with Crippen molar-refractivity contribution in [3.63, 3.8) is 0 Å². The van der Waals surface area contributed by atoms with Crippen molar-refractivity contribution in [3.8, 4) is 5.75 Å². The molecule has 4 rings (SSSR count). The van der Waals surface area contributed by atoms with Crippen LogP contribution in [0.15, 0.2) is 30.6 Å². The van der Waals surface area contributed by atoms with E-state index in [1.54, 1.807) is 24.5 Å². The van der Waals surface area contributed by atoms with Crippen molar-refractivity contribution in [1.82, 2.24) is 14.9 Å². The minimum atomic E-state index is -0.505. The van der Waals surface area contributed by atoms with Crippen LogP contribution in [0.4, 0.5) is 0 Å². The van der Waals surface area contributed by atoms with E-state index in [0.717, 1.165) is 43.9 Å². The molecular formula is C22H29N3O6. The number of imidazole rings is 1.